The van der Waals surface area contributed by atoms with E-state index in [1.807, 2.05) is 5.01 Å². The second-order valence-electron chi connectivity index (χ2n) is 2.86. The molecule has 0 radical (unpaired) electrons. The van der Waals surface area contributed by atoms with Crippen LogP contribution in [0.25, 0.3) is 0 Å². The lowest BCUT2D eigenvalue weighted by Crippen LogP contribution is -2.57. The number of rotatable bonds is 0. The van der Waals surface area contributed by atoms with E-state index >= 15 is 0 Å². The summed E-state index contributed by atoms with van der Waals surface area (Å²) in [6.07, 6.45) is 0. The van der Waals surface area contributed by atoms with E-state index in [2.05, 4.69) is 19.2 Å². The number of hydrogen-bond acceptors (Lipinski definition) is 3. The third-order valence-corrected chi connectivity index (χ3v) is 1.81. The number of piperazine rings is 1. The molecule has 1 aliphatic heterocycles. The average molecular weight is 129 g/mol. The van der Waals surface area contributed by atoms with Crippen LogP contribution < -0.4 is 11.2 Å². The van der Waals surface area contributed by atoms with Crippen molar-refractivity contribution in [2.45, 2.75) is 25.9 Å². The van der Waals surface area contributed by atoms with E-state index in [1.54, 1.807) is 0 Å². The average Bonchev–Trinajstić information content (AvgIpc) is 1.80. The molecular weight excluding hydrogens is 114 g/mol. The lowest BCUT2D eigenvalue weighted by molar-refractivity contribution is 0.149. The van der Waals surface area contributed by atoms with Crippen molar-refractivity contribution >= 4 is 0 Å². The fraction of sp³-hybridized carbons (Fsp3) is 1.00. The maximum absolute atomic E-state index is 5.66. The SMILES string of the molecule is C[C@@H]1CN[C@@H](C)CN1N. The number of hydrazine groups is 1. The highest BCUT2D eigenvalue weighted by atomic mass is 15.4. The van der Waals surface area contributed by atoms with Crippen molar-refractivity contribution in [1.29, 1.82) is 0 Å². The Morgan fingerprint density at radius 2 is 2.22 bits per heavy atom. The lowest BCUT2D eigenvalue weighted by Gasteiger charge is -2.33. The summed E-state index contributed by atoms with van der Waals surface area (Å²) in [6, 6.07) is 1.03. The van der Waals surface area contributed by atoms with Crippen molar-refractivity contribution in [2.24, 2.45) is 5.84 Å². The summed E-state index contributed by atoms with van der Waals surface area (Å²) in [6.45, 7) is 6.24. The van der Waals surface area contributed by atoms with Gasteiger partial charge in [0.1, 0.15) is 0 Å². The van der Waals surface area contributed by atoms with E-state index in [1.165, 1.54) is 0 Å². The van der Waals surface area contributed by atoms with Crippen molar-refractivity contribution < 1.29 is 0 Å². The Hall–Kier alpha value is -0.120. The fourth-order valence-corrected chi connectivity index (χ4v) is 1.05. The minimum atomic E-state index is 0.487. The van der Waals surface area contributed by atoms with E-state index in [9.17, 15) is 0 Å². The highest BCUT2D eigenvalue weighted by Crippen LogP contribution is 1.99. The predicted octanol–water partition coefficient (Wildman–Crippen LogP) is -0.458. The van der Waals surface area contributed by atoms with Gasteiger partial charge in [0.05, 0.1) is 0 Å². The van der Waals surface area contributed by atoms with Crippen LogP contribution in [-0.2, 0) is 0 Å². The predicted molar refractivity (Wildman–Crippen MR) is 37.8 cm³/mol. The number of nitrogens with two attached hydrogens (primary N) is 1. The van der Waals surface area contributed by atoms with Crippen LogP contribution in [0.5, 0.6) is 0 Å². The van der Waals surface area contributed by atoms with E-state index in [-0.39, 0.29) is 0 Å². The standard InChI is InChI=1S/C6H15N3/c1-5-4-9(7)6(2)3-8-5/h5-6,8H,3-4,7H2,1-2H3/t5-,6+/m0/s1. The molecule has 0 saturated carbocycles. The first kappa shape index (κ1) is 6.99. The molecule has 0 aromatic rings. The molecule has 1 fully saturated rings. The summed E-state index contributed by atoms with van der Waals surface area (Å²) in [5.41, 5.74) is 0. The molecule has 1 saturated heterocycles. The van der Waals surface area contributed by atoms with Gasteiger partial charge in [0, 0.05) is 25.2 Å². The Kier molecular flexibility index (Phi) is 2.05. The molecule has 9 heavy (non-hydrogen) atoms. The molecular formula is C6H15N3. The van der Waals surface area contributed by atoms with Crippen molar-refractivity contribution in [3.63, 3.8) is 0 Å². The molecule has 3 heteroatoms. The summed E-state index contributed by atoms with van der Waals surface area (Å²) in [4.78, 5) is 0. The third kappa shape index (κ3) is 1.64. The summed E-state index contributed by atoms with van der Waals surface area (Å²) in [7, 11) is 0. The number of hydrogen-bond donors (Lipinski definition) is 2. The van der Waals surface area contributed by atoms with Gasteiger partial charge in [0.15, 0.2) is 0 Å². The van der Waals surface area contributed by atoms with Crippen molar-refractivity contribution in [2.75, 3.05) is 13.1 Å². The smallest absolute Gasteiger partial charge is 0.0338 e. The first-order valence-electron chi connectivity index (χ1n) is 3.45. The Labute approximate surface area is 56.2 Å². The quantitative estimate of drug-likeness (QED) is 0.435. The lowest BCUT2D eigenvalue weighted by atomic mass is 10.2. The Morgan fingerprint density at radius 1 is 1.56 bits per heavy atom. The molecule has 0 unspecified atom stereocenters. The minimum Gasteiger partial charge on any atom is -0.311 e. The molecule has 0 aliphatic carbocycles. The molecule has 1 rings (SSSR count). The maximum atomic E-state index is 5.66. The van der Waals surface area contributed by atoms with Crippen LogP contribution in [0.1, 0.15) is 13.8 Å². The molecule has 3 N–H and O–H groups in total. The van der Waals surface area contributed by atoms with Gasteiger partial charge in [-0.25, -0.2) is 5.01 Å². The molecule has 54 valence electrons. The normalized spacial score (nSPS) is 39.0. The van der Waals surface area contributed by atoms with E-state index in [0.717, 1.165) is 13.1 Å². The molecule has 2 atom stereocenters. The van der Waals surface area contributed by atoms with E-state index in [4.69, 9.17) is 5.84 Å². The first-order valence-corrected chi connectivity index (χ1v) is 3.45. The monoisotopic (exact) mass is 129 g/mol. The molecule has 3 nitrogen and oxygen atoms in total. The van der Waals surface area contributed by atoms with Crippen LogP contribution in [0, 0.1) is 0 Å². The minimum absolute atomic E-state index is 0.487. The van der Waals surface area contributed by atoms with E-state index in [0.29, 0.717) is 12.1 Å². The Morgan fingerprint density at radius 3 is 2.67 bits per heavy atom. The van der Waals surface area contributed by atoms with Crippen molar-refractivity contribution in [3.05, 3.63) is 0 Å². The second-order valence-corrected chi connectivity index (χ2v) is 2.86. The van der Waals surface area contributed by atoms with Gasteiger partial charge in [-0.3, -0.25) is 5.84 Å². The highest BCUT2D eigenvalue weighted by molar-refractivity contribution is 4.77. The molecule has 0 aromatic carbocycles. The molecule has 0 bridgehead atoms. The summed E-state index contributed by atoms with van der Waals surface area (Å²) >= 11 is 0. The first-order chi connectivity index (χ1) is 4.20. The van der Waals surface area contributed by atoms with Crippen LogP contribution in [0.4, 0.5) is 0 Å². The van der Waals surface area contributed by atoms with Crippen LogP contribution in [0.2, 0.25) is 0 Å². The van der Waals surface area contributed by atoms with Gasteiger partial charge in [0.25, 0.3) is 0 Å². The molecule has 1 heterocycles. The zero-order chi connectivity index (χ0) is 6.85. The van der Waals surface area contributed by atoms with Gasteiger partial charge in [0.2, 0.25) is 0 Å². The van der Waals surface area contributed by atoms with Crippen molar-refractivity contribution in [1.82, 2.24) is 10.3 Å². The van der Waals surface area contributed by atoms with Crippen LogP contribution in [-0.4, -0.2) is 30.2 Å². The largest absolute Gasteiger partial charge is 0.311 e. The molecule has 0 amide bonds. The van der Waals surface area contributed by atoms with Gasteiger partial charge in [-0.2, -0.15) is 0 Å². The zero-order valence-electron chi connectivity index (χ0n) is 6.09. The topological polar surface area (TPSA) is 41.3 Å². The van der Waals surface area contributed by atoms with Gasteiger partial charge < -0.3 is 5.32 Å². The van der Waals surface area contributed by atoms with E-state index < -0.39 is 0 Å². The van der Waals surface area contributed by atoms with Crippen LogP contribution >= 0.6 is 0 Å². The molecule has 0 aromatic heterocycles. The Balaban J connectivity index is 2.35. The van der Waals surface area contributed by atoms with Crippen LogP contribution in [0.3, 0.4) is 0 Å². The fourth-order valence-electron chi connectivity index (χ4n) is 1.05. The zero-order valence-corrected chi connectivity index (χ0v) is 6.09. The number of nitrogens with zero attached hydrogens (tertiary/aromatic N) is 1. The summed E-state index contributed by atoms with van der Waals surface area (Å²) in [5, 5.41) is 5.23. The Bertz CT molecular complexity index is 94.3. The van der Waals surface area contributed by atoms with Crippen LogP contribution in [0.15, 0.2) is 0 Å². The van der Waals surface area contributed by atoms with Gasteiger partial charge in [-0.1, -0.05) is 0 Å². The maximum Gasteiger partial charge on any atom is 0.0338 e. The van der Waals surface area contributed by atoms with Gasteiger partial charge in [-0.05, 0) is 13.8 Å². The summed E-state index contributed by atoms with van der Waals surface area (Å²) < 4.78 is 0. The van der Waals surface area contributed by atoms with Gasteiger partial charge in [-0.15, -0.1) is 0 Å². The highest BCUT2D eigenvalue weighted by Gasteiger charge is 2.18. The molecule has 1 aliphatic rings. The van der Waals surface area contributed by atoms with Crippen molar-refractivity contribution in [3.8, 4) is 0 Å². The number of nitrogens with one attached hydrogen (secondary N) is 1. The van der Waals surface area contributed by atoms with Gasteiger partial charge >= 0.3 is 0 Å². The third-order valence-electron chi connectivity index (χ3n) is 1.81. The summed E-state index contributed by atoms with van der Waals surface area (Å²) in [5.74, 6) is 5.66. The molecule has 0 spiro atoms. The second kappa shape index (κ2) is 2.64.